The molecule has 0 spiro atoms. The van der Waals surface area contributed by atoms with Gasteiger partial charge >= 0.3 is 0 Å². The number of nitrogens with one attached hydrogen (secondary N) is 2. The van der Waals surface area contributed by atoms with Crippen LogP contribution >= 0.6 is 0 Å². The largest absolute Gasteiger partial charge is 0.497 e. The SMILES string of the molecule is COc1ccc(C(=O)N[C@@H](C(=O)NC(C)C)C2CCN(C(=O)C3CCCC3)CC2)cc1. The zero-order valence-corrected chi connectivity index (χ0v) is 18.9. The molecule has 1 aromatic rings. The van der Waals surface area contributed by atoms with E-state index in [4.69, 9.17) is 4.74 Å². The molecule has 0 aromatic heterocycles. The van der Waals surface area contributed by atoms with Gasteiger partial charge in [-0.15, -0.1) is 0 Å². The molecule has 1 aliphatic heterocycles. The number of ether oxygens (including phenoxy) is 1. The molecule has 1 aromatic carbocycles. The van der Waals surface area contributed by atoms with E-state index in [2.05, 4.69) is 10.6 Å². The zero-order valence-electron chi connectivity index (χ0n) is 18.9. The predicted octanol–water partition coefficient (Wildman–Crippen LogP) is 2.75. The molecular weight excluding hydrogens is 394 g/mol. The van der Waals surface area contributed by atoms with E-state index in [0.29, 0.717) is 37.2 Å². The van der Waals surface area contributed by atoms with E-state index in [1.165, 1.54) is 0 Å². The summed E-state index contributed by atoms with van der Waals surface area (Å²) in [5.74, 6) is 0.653. The van der Waals surface area contributed by atoms with E-state index < -0.39 is 6.04 Å². The van der Waals surface area contributed by atoms with Crippen molar-refractivity contribution in [3.8, 4) is 5.75 Å². The minimum atomic E-state index is -0.624. The monoisotopic (exact) mass is 429 g/mol. The number of hydrogen-bond donors (Lipinski definition) is 2. The topological polar surface area (TPSA) is 87.7 Å². The Kier molecular flexibility index (Phi) is 7.93. The number of hydrogen-bond acceptors (Lipinski definition) is 4. The molecule has 1 saturated heterocycles. The second-order valence-corrected chi connectivity index (χ2v) is 8.99. The van der Waals surface area contributed by atoms with Crippen molar-refractivity contribution in [3.63, 3.8) is 0 Å². The second-order valence-electron chi connectivity index (χ2n) is 8.99. The predicted molar refractivity (Wildman–Crippen MR) is 119 cm³/mol. The third-order valence-corrected chi connectivity index (χ3v) is 6.38. The van der Waals surface area contributed by atoms with Crippen LogP contribution in [0.1, 0.15) is 62.7 Å². The lowest BCUT2D eigenvalue weighted by Gasteiger charge is -2.37. The van der Waals surface area contributed by atoms with Crippen LogP contribution in [0.5, 0.6) is 5.75 Å². The lowest BCUT2D eigenvalue weighted by Crippen LogP contribution is -2.55. The molecule has 1 atom stereocenters. The molecule has 31 heavy (non-hydrogen) atoms. The van der Waals surface area contributed by atoms with Gasteiger partial charge in [0.05, 0.1) is 7.11 Å². The molecule has 3 amide bonds. The number of benzene rings is 1. The van der Waals surface area contributed by atoms with Crippen molar-refractivity contribution in [2.45, 2.75) is 64.5 Å². The summed E-state index contributed by atoms with van der Waals surface area (Å²) in [5, 5.41) is 5.89. The van der Waals surface area contributed by atoms with E-state index in [0.717, 1.165) is 25.7 Å². The van der Waals surface area contributed by atoms with Gasteiger partial charge in [-0.2, -0.15) is 0 Å². The van der Waals surface area contributed by atoms with Crippen LogP contribution < -0.4 is 15.4 Å². The molecule has 0 bridgehead atoms. The molecule has 1 aliphatic carbocycles. The summed E-state index contributed by atoms with van der Waals surface area (Å²) >= 11 is 0. The van der Waals surface area contributed by atoms with Crippen LogP contribution in [0.2, 0.25) is 0 Å². The van der Waals surface area contributed by atoms with Crippen molar-refractivity contribution in [2.75, 3.05) is 20.2 Å². The summed E-state index contributed by atoms with van der Waals surface area (Å²) < 4.78 is 5.15. The van der Waals surface area contributed by atoms with E-state index in [9.17, 15) is 14.4 Å². The number of likely N-dealkylation sites (tertiary alicyclic amines) is 1. The van der Waals surface area contributed by atoms with Gasteiger partial charge in [0.1, 0.15) is 11.8 Å². The summed E-state index contributed by atoms with van der Waals surface area (Å²) in [6.45, 7) is 5.10. The third-order valence-electron chi connectivity index (χ3n) is 6.38. The minimum Gasteiger partial charge on any atom is -0.497 e. The number of rotatable bonds is 7. The van der Waals surface area contributed by atoms with Crippen LogP contribution in [0.25, 0.3) is 0 Å². The molecule has 7 heteroatoms. The molecule has 2 fully saturated rings. The molecule has 1 saturated carbocycles. The van der Waals surface area contributed by atoms with E-state index >= 15 is 0 Å². The van der Waals surface area contributed by atoms with Gasteiger partial charge in [0, 0.05) is 30.6 Å². The van der Waals surface area contributed by atoms with Crippen molar-refractivity contribution in [1.29, 1.82) is 0 Å². The lowest BCUT2D eigenvalue weighted by molar-refractivity contribution is -0.137. The van der Waals surface area contributed by atoms with Crippen molar-refractivity contribution < 1.29 is 19.1 Å². The molecule has 2 aliphatic rings. The summed E-state index contributed by atoms with van der Waals surface area (Å²) in [6.07, 6.45) is 5.69. The highest BCUT2D eigenvalue weighted by molar-refractivity contribution is 5.97. The maximum atomic E-state index is 12.9. The summed E-state index contributed by atoms with van der Waals surface area (Å²) in [6, 6.07) is 6.19. The zero-order chi connectivity index (χ0) is 22.4. The molecule has 0 unspecified atom stereocenters. The Hall–Kier alpha value is -2.57. The van der Waals surface area contributed by atoms with Crippen LogP contribution in [0.15, 0.2) is 24.3 Å². The van der Waals surface area contributed by atoms with Gasteiger partial charge < -0.3 is 20.3 Å². The third kappa shape index (κ3) is 5.99. The van der Waals surface area contributed by atoms with Gasteiger partial charge in [-0.3, -0.25) is 14.4 Å². The Morgan fingerprint density at radius 1 is 0.968 bits per heavy atom. The second kappa shape index (κ2) is 10.6. The van der Waals surface area contributed by atoms with Crippen molar-refractivity contribution in [3.05, 3.63) is 29.8 Å². The van der Waals surface area contributed by atoms with Crippen LogP contribution in [-0.2, 0) is 9.59 Å². The van der Waals surface area contributed by atoms with Crippen LogP contribution in [-0.4, -0.2) is 54.9 Å². The quantitative estimate of drug-likeness (QED) is 0.698. The van der Waals surface area contributed by atoms with Gasteiger partial charge in [0.15, 0.2) is 0 Å². The number of methoxy groups -OCH3 is 1. The van der Waals surface area contributed by atoms with Gasteiger partial charge in [0.2, 0.25) is 11.8 Å². The number of carbonyl (C=O) groups excluding carboxylic acids is 3. The first-order chi connectivity index (χ1) is 14.9. The lowest BCUT2D eigenvalue weighted by atomic mass is 9.87. The first-order valence-electron chi connectivity index (χ1n) is 11.4. The number of carbonyl (C=O) groups is 3. The highest BCUT2D eigenvalue weighted by atomic mass is 16.5. The van der Waals surface area contributed by atoms with E-state index in [1.807, 2.05) is 18.7 Å². The molecule has 0 radical (unpaired) electrons. The highest BCUT2D eigenvalue weighted by Gasteiger charge is 2.36. The number of nitrogens with zero attached hydrogens (tertiary/aromatic N) is 1. The minimum absolute atomic E-state index is 0.00595. The van der Waals surface area contributed by atoms with E-state index in [-0.39, 0.29) is 35.6 Å². The van der Waals surface area contributed by atoms with Gasteiger partial charge in [-0.05, 0) is 69.7 Å². The fraction of sp³-hybridized carbons (Fsp3) is 0.625. The Bertz CT molecular complexity index is 764. The van der Waals surface area contributed by atoms with Crippen LogP contribution in [0.4, 0.5) is 0 Å². The smallest absolute Gasteiger partial charge is 0.251 e. The van der Waals surface area contributed by atoms with Gasteiger partial charge in [-0.1, -0.05) is 12.8 Å². The highest BCUT2D eigenvalue weighted by Crippen LogP contribution is 2.29. The molecule has 2 N–H and O–H groups in total. The standard InChI is InChI=1S/C24H35N3O4/c1-16(2)25-23(29)21(26-22(28)18-8-10-20(31-3)11-9-18)17-12-14-27(15-13-17)24(30)19-6-4-5-7-19/h8-11,16-17,19,21H,4-7,12-15H2,1-3H3,(H,25,29)(H,26,28)/t21-/m1/s1. The first kappa shape index (κ1) is 23.1. The molecular formula is C24H35N3O4. The number of amides is 3. The van der Waals surface area contributed by atoms with Crippen molar-refractivity contribution in [2.24, 2.45) is 11.8 Å². The van der Waals surface area contributed by atoms with Gasteiger partial charge in [-0.25, -0.2) is 0 Å². The Balaban J connectivity index is 1.65. The fourth-order valence-corrected chi connectivity index (χ4v) is 4.62. The molecule has 170 valence electrons. The van der Waals surface area contributed by atoms with Crippen LogP contribution in [0.3, 0.4) is 0 Å². The van der Waals surface area contributed by atoms with Crippen LogP contribution in [0, 0.1) is 11.8 Å². The summed E-state index contributed by atoms with van der Waals surface area (Å²) in [5.41, 5.74) is 0.483. The maximum Gasteiger partial charge on any atom is 0.251 e. The summed E-state index contributed by atoms with van der Waals surface area (Å²) in [4.78, 5) is 40.4. The Labute approximate surface area is 184 Å². The molecule has 1 heterocycles. The van der Waals surface area contributed by atoms with Gasteiger partial charge in [0.25, 0.3) is 5.91 Å². The number of piperidine rings is 1. The normalized spacial score (nSPS) is 18.6. The molecule has 3 rings (SSSR count). The first-order valence-corrected chi connectivity index (χ1v) is 11.4. The average molecular weight is 430 g/mol. The summed E-state index contributed by atoms with van der Waals surface area (Å²) in [7, 11) is 1.57. The molecule has 7 nitrogen and oxygen atoms in total. The van der Waals surface area contributed by atoms with E-state index in [1.54, 1.807) is 31.4 Å². The Morgan fingerprint density at radius 3 is 2.13 bits per heavy atom. The Morgan fingerprint density at radius 2 is 1.58 bits per heavy atom. The fourth-order valence-electron chi connectivity index (χ4n) is 4.62. The van der Waals surface area contributed by atoms with Crippen molar-refractivity contribution >= 4 is 17.7 Å². The average Bonchev–Trinajstić information content (AvgIpc) is 3.31. The van der Waals surface area contributed by atoms with Crippen molar-refractivity contribution in [1.82, 2.24) is 15.5 Å². The maximum absolute atomic E-state index is 12.9.